The third-order valence-corrected chi connectivity index (χ3v) is 14.4. The number of hydrogen-bond donors (Lipinski definition) is 0. The van der Waals surface area contributed by atoms with Gasteiger partial charge in [-0.3, -0.25) is 0 Å². The molecule has 3 heteroatoms. The maximum atomic E-state index is 2.53. The molecule has 0 radical (unpaired) electrons. The van der Waals surface area contributed by atoms with Crippen LogP contribution in [0.1, 0.15) is 0 Å². The summed E-state index contributed by atoms with van der Waals surface area (Å²) in [6.45, 7) is 0. The molecule has 0 bridgehead atoms. The average Bonchev–Trinajstić information content (AvgIpc) is 3.92. The number of hydrogen-bond acceptors (Lipinski definition) is 3. The van der Waals surface area contributed by atoms with Gasteiger partial charge >= 0.3 is 0 Å². The van der Waals surface area contributed by atoms with E-state index in [1.807, 2.05) is 22.7 Å². The second kappa shape index (κ2) is 14.8. The molecule has 0 aliphatic rings. The largest absolute Gasteiger partial charge is 0.309 e. The molecule has 12 rings (SSSR count). The molecule has 0 saturated heterocycles. The van der Waals surface area contributed by atoms with E-state index in [1.165, 1.54) is 107 Å². The van der Waals surface area contributed by atoms with Crippen LogP contribution in [0.25, 0.3) is 95.6 Å². The first-order chi connectivity index (χ1) is 30.3. The van der Waals surface area contributed by atoms with Crippen LogP contribution in [0.15, 0.2) is 224 Å². The topological polar surface area (TPSA) is 3.24 Å². The summed E-state index contributed by atoms with van der Waals surface area (Å²) in [5, 5.41) is 7.59. The summed E-state index contributed by atoms with van der Waals surface area (Å²) < 4.78 is 5.14. The molecule has 0 aliphatic heterocycles. The van der Waals surface area contributed by atoms with Crippen LogP contribution in [0.2, 0.25) is 0 Å². The van der Waals surface area contributed by atoms with E-state index in [9.17, 15) is 0 Å². The molecule has 0 spiro atoms. The van der Waals surface area contributed by atoms with Crippen molar-refractivity contribution in [3.63, 3.8) is 0 Å². The van der Waals surface area contributed by atoms with Crippen LogP contribution in [0.3, 0.4) is 0 Å². The van der Waals surface area contributed by atoms with Crippen molar-refractivity contribution in [3.8, 4) is 44.5 Å². The first-order valence-electron chi connectivity index (χ1n) is 20.7. The van der Waals surface area contributed by atoms with Crippen LogP contribution < -0.4 is 4.90 Å². The minimum absolute atomic E-state index is 1.11. The number of anilines is 3. The highest BCUT2D eigenvalue weighted by molar-refractivity contribution is 7.26. The summed E-state index contributed by atoms with van der Waals surface area (Å²) in [4.78, 5) is 2.53. The standard InChI is InChI=1S/C58H37NS2/c1-4-15-38(16-5-1)43-30-34-49-54(37-43)60-53-26-14-24-50(56(49)53)59(51-36-35-47(39-17-6-2-7-18-39)58-57(51)48-23-12-13-25-52(48)61-58)44-31-27-41(28-32-44)46-33-29-40-19-10-11-22-45(40)55(46)42-20-8-3-9-21-42/h1-37H. The zero-order valence-electron chi connectivity index (χ0n) is 33.1. The monoisotopic (exact) mass is 811 g/mol. The van der Waals surface area contributed by atoms with Gasteiger partial charge in [-0.2, -0.15) is 0 Å². The van der Waals surface area contributed by atoms with Gasteiger partial charge in [0.05, 0.1) is 11.4 Å². The molecule has 0 fully saturated rings. The Kier molecular flexibility index (Phi) is 8.62. The highest BCUT2D eigenvalue weighted by Crippen LogP contribution is 2.51. The molecule has 0 saturated carbocycles. The van der Waals surface area contributed by atoms with E-state index in [4.69, 9.17) is 0 Å². The Hall–Kier alpha value is -7.30. The van der Waals surface area contributed by atoms with Crippen molar-refractivity contribution in [2.75, 3.05) is 4.90 Å². The van der Waals surface area contributed by atoms with Gasteiger partial charge in [0, 0.05) is 46.0 Å². The van der Waals surface area contributed by atoms with Gasteiger partial charge in [0.2, 0.25) is 0 Å². The van der Waals surface area contributed by atoms with Crippen LogP contribution in [0.5, 0.6) is 0 Å². The molecule has 0 unspecified atom stereocenters. The lowest BCUT2D eigenvalue weighted by atomic mass is 9.89. The molecule has 0 N–H and O–H groups in total. The Labute approximate surface area is 362 Å². The SMILES string of the molecule is c1ccc(-c2ccc3c(c2)sc2cccc(N(c4ccc(-c5ccc6ccccc6c5-c5ccccc5)cc4)c4ccc(-c5ccccc5)c5sc6ccccc6c45)c23)cc1. The summed E-state index contributed by atoms with van der Waals surface area (Å²) in [6.07, 6.45) is 0. The summed E-state index contributed by atoms with van der Waals surface area (Å²) in [6, 6.07) is 82.3. The minimum Gasteiger partial charge on any atom is -0.309 e. The zero-order chi connectivity index (χ0) is 40.3. The van der Waals surface area contributed by atoms with E-state index in [-0.39, 0.29) is 0 Å². The van der Waals surface area contributed by atoms with E-state index < -0.39 is 0 Å². The lowest BCUT2D eigenvalue weighted by Crippen LogP contribution is -2.11. The van der Waals surface area contributed by atoms with Crippen molar-refractivity contribution < 1.29 is 0 Å². The van der Waals surface area contributed by atoms with Gasteiger partial charge in [0.25, 0.3) is 0 Å². The average molecular weight is 812 g/mol. The van der Waals surface area contributed by atoms with Crippen molar-refractivity contribution in [1.29, 1.82) is 0 Å². The quantitative estimate of drug-likeness (QED) is 0.155. The Morgan fingerprint density at radius 2 is 0.902 bits per heavy atom. The highest BCUT2D eigenvalue weighted by Gasteiger charge is 2.24. The Morgan fingerprint density at radius 3 is 1.69 bits per heavy atom. The highest BCUT2D eigenvalue weighted by atomic mass is 32.1. The molecule has 10 aromatic carbocycles. The Morgan fingerprint density at radius 1 is 0.311 bits per heavy atom. The fourth-order valence-electron chi connectivity index (χ4n) is 9.27. The van der Waals surface area contributed by atoms with Gasteiger partial charge in [-0.25, -0.2) is 0 Å². The summed E-state index contributed by atoms with van der Waals surface area (Å²) in [5.41, 5.74) is 13.3. The molecular weight excluding hydrogens is 775 g/mol. The van der Waals surface area contributed by atoms with Gasteiger partial charge in [-0.15, -0.1) is 22.7 Å². The number of fused-ring (bicyclic) bond motifs is 7. The summed E-state index contributed by atoms with van der Waals surface area (Å²) >= 11 is 3.76. The van der Waals surface area contributed by atoms with Gasteiger partial charge in [0.1, 0.15) is 0 Å². The molecule has 0 amide bonds. The minimum atomic E-state index is 1.11. The van der Waals surface area contributed by atoms with Gasteiger partial charge < -0.3 is 4.90 Å². The third-order valence-electron chi connectivity index (χ3n) is 12.1. The fraction of sp³-hybridized carbons (Fsp3) is 0. The molecular formula is C58H37NS2. The Bertz CT molecular complexity index is 3570. The molecule has 2 aromatic heterocycles. The van der Waals surface area contributed by atoms with Gasteiger partial charge in [-0.05, 0) is 97.7 Å². The number of rotatable bonds is 7. The van der Waals surface area contributed by atoms with Gasteiger partial charge in [0.15, 0.2) is 0 Å². The Balaban J connectivity index is 1.10. The lowest BCUT2D eigenvalue weighted by molar-refractivity contribution is 1.32. The van der Waals surface area contributed by atoms with Crippen molar-refractivity contribution in [1.82, 2.24) is 0 Å². The molecule has 1 nitrogen and oxygen atoms in total. The lowest BCUT2D eigenvalue weighted by Gasteiger charge is -2.28. The fourth-order valence-corrected chi connectivity index (χ4v) is 11.7. The smallest absolute Gasteiger partial charge is 0.0555 e. The maximum Gasteiger partial charge on any atom is 0.0555 e. The molecule has 0 atom stereocenters. The molecule has 0 aliphatic carbocycles. The van der Waals surface area contributed by atoms with Crippen LogP contribution in [-0.2, 0) is 0 Å². The van der Waals surface area contributed by atoms with Crippen molar-refractivity contribution in [2.24, 2.45) is 0 Å². The second-order valence-corrected chi connectivity index (χ2v) is 17.7. The first kappa shape index (κ1) is 35.6. The molecule has 2 heterocycles. The van der Waals surface area contributed by atoms with E-state index >= 15 is 0 Å². The van der Waals surface area contributed by atoms with Crippen molar-refractivity contribution in [2.45, 2.75) is 0 Å². The first-order valence-corrected chi connectivity index (χ1v) is 22.4. The number of thiophene rings is 2. The predicted octanol–water partition coefficient (Wildman–Crippen LogP) is 17.7. The van der Waals surface area contributed by atoms with Gasteiger partial charge in [-0.1, -0.05) is 182 Å². The van der Waals surface area contributed by atoms with E-state index in [1.54, 1.807) is 0 Å². The van der Waals surface area contributed by atoms with Crippen LogP contribution in [0, 0.1) is 0 Å². The van der Waals surface area contributed by atoms with E-state index in [2.05, 4.69) is 229 Å². The summed E-state index contributed by atoms with van der Waals surface area (Å²) in [7, 11) is 0. The maximum absolute atomic E-state index is 2.53. The van der Waals surface area contributed by atoms with E-state index in [0.717, 1.165) is 5.69 Å². The van der Waals surface area contributed by atoms with Crippen LogP contribution >= 0.6 is 22.7 Å². The van der Waals surface area contributed by atoms with Crippen LogP contribution in [0.4, 0.5) is 17.1 Å². The molecule has 286 valence electrons. The predicted molar refractivity (Wildman–Crippen MR) is 266 cm³/mol. The number of nitrogens with zero attached hydrogens (tertiary/aromatic N) is 1. The number of benzene rings is 10. The second-order valence-electron chi connectivity index (χ2n) is 15.6. The third kappa shape index (κ3) is 6.04. The molecule has 61 heavy (non-hydrogen) atoms. The summed E-state index contributed by atoms with van der Waals surface area (Å²) in [5.74, 6) is 0. The van der Waals surface area contributed by atoms with Crippen molar-refractivity contribution >= 4 is 90.9 Å². The normalized spacial score (nSPS) is 11.6. The van der Waals surface area contributed by atoms with Crippen molar-refractivity contribution in [3.05, 3.63) is 224 Å². The molecule has 12 aromatic rings. The van der Waals surface area contributed by atoms with E-state index in [0.29, 0.717) is 0 Å². The zero-order valence-corrected chi connectivity index (χ0v) is 34.8. The van der Waals surface area contributed by atoms with Crippen LogP contribution in [-0.4, -0.2) is 0 Å².